The van der Waals surface area contributed by atoms with Crippen LogP contribution in [0.4, 0.5) is 0 Å². The standard InChI is InChI=1S/C20H22ClN3S/c1-4-13-11(3)20-17-18(15-7-6-12(21)10-16(15)25-20)23-24(9-8-22)19(17)14(13)5-2/h6-7,10H,4-5,8-9,22H2,1-3H3. The third kappa shape index (κ3) is 2.42. The molecular formula is C20H22ClN3S. The van der Waals surface area contributed by atoms with Gasteiger partial charge in [0.05, 0.1) is 12.1 Å². The molecule has 0 aliphatic carbocycles. The first-order chi connectivity index (χ1) is 12.1. The van der Waals surface area contributed by atoms with E-state index in [1.807, 2.05) is 17.8 Å². The van der Waals surface area contributed by atoms with Crippen LogP contribution < -0.4 is 5.73 Å². The van der Waals surface area contributed by atoms with Crippen molar-refractivity contribution in [3.05, 3.63) is 39.9 Å². The molecule has 5 heteroatoms. The average molecular weight is 372 g/mol. The molecule has 0 spiro atoms. The van der Waals surface area contributed by atoms with E-state index in [2.05, 4.69) is 37.6 Å². The minimum Gasteiger partial charge on any atom is -0.329 e. The Morgan fingerprint density at radius 3 is 2.64 bits per heavy atom. The van der Waals surface area contributed by atoms with E-state index in [0.29, 0.717) is 6.54 Å². The Kier molecular flexibility index (Phi) is 4.30. The average Bonchev–Trinajstić information content (AvgIpc) is 2.97. The quantitative estimate of drug-likeness (QED) is 0.535. The second kappa shape index (κ2) is 6.35. The smallest absolute Gasteiger partial charge is 0.102 e. The number of halogens is 1. The molecule has 2 aromatic carbocycles. The molecule has 1 aromatic heterocycles. The molecule has 0 radical (unpaired) electrons. The third-order valence-electron chi connectivity index (χ3n) is 5.08. The van der Waals surface area contributed by atoms with E-state index in [0.717, 1.165) is 30.1 Å². The predicted octanol–water partition coefficient (Wildman–Crippen LogP) is 5.21. The van der Waals surface area contributed by atoms with Crippen LogP contribution in [0.1, 0.15) is 30.5 Å². The summed E-state index contributed by atoms with van der Waals surface area (Å²) in [6.45, 7) is 8.05. The molecule has 0 bridgehead atoms. The van der Waals surface area contributed by atoms with Gasteiger partial charge in [0.1, 0.15) is 5.69 Å². The highest BCUT2D eigenvalue weighted by Crippen LogP contribution is 2.51. The molecule has 0 amide bonds. The van der Waals surface area contributed by atoms with Crippen LogP contribution in [-0.2, 0) is 19.4 Å². The van der Waals surface area contributed by atoms with Gasteiger partial charge in [0, 0.05) is 32.3 Å². The van der Waals surface area contributed by atoms with E-state index in [1.54, 1.807) is 0 Å². The predicted molar refractivity (Wildman–Crippen MR) is 107 cm³/mol. The van der Waals surface area contributed by atoms with Crippen molar-refractivity contribution in [2.24, 2.45) is 5.73 Å². The van der Waals surface area contributed by atoms with E-state index in [-0.39, 0.29) is 0 Å². The van der Waals surface area contributed by atoms with Gasteiger partial charge in [-0.1, -0.05) is 43.3 Å². The van der Waals surface area contributed by atoms with Crippen molar-refractivity contribution in [2.45, 2.75) is 49.9 Å². The minimum absolute atomic E-state index is 0.588. The molecule has 2 heterocycles. The molecule has 2 N–H and O–H groups in total. The van der Waals surface area contributed by atoms with Gasteiger partial charge in [-0.3, -0.25) is 4.68 Å². The lowest BCUT2D eigenvalue weighted by Crippen LogP contribution is -2.12. The van der Waals surface area contributed by atoms with E-state index < -0.39 is 0 Å². The number of hydrogen-bond donors (Lipinski definition) is 1. The molecule has 3 aromatic rings. The molecule has 0 saturated heterocycles. The Morgan fingerprint density at radius 2 is 1.96 bits per heavy atom. The fourth-order valence-corrected chi connectivity index (χ4v) is 5.51. The van der Waals surface area contributed by atoms with Gasteiger partial charge in [-0.2, -0.15) is 5.10 Å². The second-order valence-electron chi connectivity index (χ2n) is 6.44. The summed E-state index contributed by atoms with van der Waals surface area (Å²) in [5, 5.41) is 7.05. The van der Waals surface area contributed by atoms with Gasteiger partial charge in [-0.05, 0) is 48.6 Å². The summed E-state index contributed by atoms with van der Waals surface area (Å²) in [4.78, 5) is 2.52. The largest absolute Gasteiger partial charge is 0.329 e. The van der Waals surface area contributed by atoms with Crippen molar-refractivity contribution in [2.75, 3.05) is 6.54 Å². The highest BCUT2D eigenvalue weighted by molar-refractivity contribution is 7.99. The van der Waals surface area contributed by atoms with Crippen LogP contribution in [0.25, 0.3) is 22.2 Å². The summed E-state index contributed by atoms with van der Waals surface area (Å²) in [7, 11) is 0. The van der Waals surface area contributed by atoms with Crippen LogP contribution in [-0.4, -0.2) is 16.3 Å². The Morgan fingerprint density at radius 1 is 1.20 bits per heavy atom. The molecular weight excluding hydrogens is 350 g/mol. The SMILES string of the molecule is CCc1c(C)c2c3c(nn(CCN)c3c1CC)-c1ccc(Cl)cc1S2. The topological polar surface area (TPSA) is 43.8 Å². The van der Waals surface area contributed by atoms with Crippen LogP contribution in [0.2, 0.25) is 5.02 Å². The molecule has 4 rings (SSSR count). The summed E-state index contributed by atoms with van der Waals surface area (Å²) < 4.78 is 2.12. The van der Waals surface area contributed by atoms with E-state index in [9.17, 15) is 0 Å². The molecule has 0 atom stereocenters. The Balaban J connectivity index is 2.16. The molecule has 130 valence electrons. The lowest BCUT2D eigenvalue weighted by Gasteiger charge is -2.21. The highest BCUT2D eigenvalue weighted by Gasteiger charge is 2.28. The number of fused-ring (bicyclic) bond motifs is 2. The van der Waals surface area contributed by atoms with Crippen molar-refractivity contribution in [3.8, 4) is 11.3 Å². The van der Waals surface area contributed by atoms with Gasteiger partial charge >= 0.3 is 0 Å². The Bertz CT molecular complexity index is 991. The highest BCUT2D eigenvalue weighted by atomic mass is 35.5. The molecule has 0 saturated carbocycles. The van der Waals surface area contributed by atoms with Crippen LogP contribution >= 0.6 is 23.4 Å². The van der Waals surface area contributed by atoms with Gasteiger partial charge in [-0.25, -0.2) is 0 Å². The normalized spacial score (nSPS) is 12.7. The summed E-state index contributed by atoms with van der Waals surface area (Å²) in [6, 6.07) is 6.10. The zero-order valence-corrected chi connectivity index (χ0v) is 16.4. The summed E-state index contributed by atoms with van der Waals surface area (Å²) in [6.07, 6.45) is 2.04. The van der Waals surface area contributed by atoms with Crippen molar-refractivity contribution >= 4 is 34.3 Å². The lowest BCUT2D eigenvalue weighted by atomic mass is 9.93. The minimum atomic E-state index is 0.588. The van der Waals surface area contributed by atoms with Crippen molar-refractivity contribution < 1.29 is 0 Å². The number of nitrogens with two attached hydrogens (primary N) is 1. The number of rotatable bonds is 4. The number of aromatic nitrogens is 2. The summed E-state index contributed by atoms with van der Waals surface area (Å²) >= 11 is 8.08. The Labute approximate surface area is 157 Å². The number of hydrogen-bond acceptors (Lipinski definition) is 3. The van der Waals surface area contributed by atoms with Crippen molar-refractivity contribution in [1.82, 2.24) is 9.78 Å². The first-order valence-corrected chi connectivity index (χ1v) is 10.0. The maximum Gasteiger partial charge on any atom is 0.102 e. The van der Waals surface area contributed by atoms with Gasteiger partial charge in [0.25, 0.3) is 0 Å². The van der Waals surface area contributed by atoms with Crippen LogP contribution in [0.3, 0.4) is 0 Å². The van der Waals surface area contributed by atoms with E-state index in [4.69, 9.17) is 22.4 Å². The van der Waals surface area contributed by atoms with Crippen molar-refractivity contribution in [3.63, 3.8) is 0 Å². The fraction of sp³-hybridized carbons (Fsp3) is 0.350. The van der Waals surface area contributed by atoms with Crippen LogP contribution in [0.15, 0.2) is 28.0 Å². The first-order valence-electron chi connectivity index (χ1n) is 8.83. The lowest BCUT2D eigenvalue weighted by molar-refractivity contribution is 0.645. The van der Waals surface area contributed by atoms with Gasteiger partial charge in [-0.15, -0.1) is 0 Å². The van der Waals surface area contributed by atoms with Crippen LogP contribution in [0, 0.1) is 6.92 Å². The third-order valence-corrected chi connectivity index (χ3v) is 6.59. The zero-order chi connectivity index (χ0) is 17.7. The van der Waals surface area contributed by atoms with E-state index in [1.165, 1.54) is 42.9 Å². The fourth-order valence-electron chi connectivity index (χ4n) is 4.02. The van der Waals surface area contributed by atoms with Gasteiger partial charge in [0.2, 0.25) is 0 Å². The molecule has 0 fully saturated rings. The second-order valence-corrected chi connectivity index (χ2v) is 7.93. The van der Waals surface area contributed by atoms with Gasteiger partial charge < -0.3 is 5.73 Å². The molecule has 25 heavy (non-hydrogen) atoms. The monoisotopic (exact) mass is 371 g/mol. The van der Waals surface area contributed by atoms with Crippen molar-refractivity contribution in [1.29, 1.82) is 0 Å². The number of benzene rings is 2. The summed E-state index contributed by atoms with van der Waals surface area (Å²) in [5.41, 5.74) is 13.7. The Hall–Kier alpha value is -1.49. The molecule has 1 aliphatic heterocycles. The van der Waals surface area contributed by atoms with Gasteiger partial charge in [0.15, 0.2) is 0 Å². The molecule has 0 unspecified atom stereocenters. The van der Waals surface area contributed by atoms with Crippen LogP contribution in [0.5, 0.6) is 0 Å². The zero-order valence-electron chi connectivity index (χ0n) is 14.8. The van der Waals surface area contributed by atoms with E-state index >= 15 is 0 Å². The molecule has 3 nitrogen and oxygen atoms in total. The number of nitrogens with zero attached hydrogens (tertiary/aromatic N) is 2. The summed E-state index contributed by atoms with van der Waals surface area (Å²) in [5.74, 6) is 0. The maximum absolute atomic E-state index is 6.25. The molecule has 1 aliphatic rings. The maximum atomic E-state index is 6.25. The first kappa shape index (κ1) is 17.0. The number of aryl methyl sites for hydroxylation is 1.